The van der Waals surface area contributed by atoms with Gasteiger partial charge in [-0.05, 0) is 61.0 Å². The Morgan fingerprint density at radius 1 is 1.09 bits per heavy atom. The lowest BCUT2D eigenvalue weighted by atomic mass is 10.2. The van der Waals surface area contributed by atoms with Crippen molar-refractivity contribution in [2.75, 3.05) is 23.3 Å². The fraction of sp³-hybridized carbons (Fsp3) is 0.120. The van der Waals surface area contributed by atoms with Crippen LogP contribution in [-0.4, -0.2) is 33.0 Å². The molecule has 0 radical (unpaired) electrons. The quantitative estimate of drug-likeness (QED) is 0.388. The minimum Gasteiger partial charge on any atom is -0.497 e. The van der Waals surface area contributed by atoms with Gasteiger partial charge in [0.1, 0.15) is 12.3 Å². The molecule has 174 valence electrons. The number of fused-ring (bicyclic) bond motifs is 1. The minimum absolute atomic E-state index is 0.0781. The largest absolute Gasteiger partial charge is 0.497 e. The lowest BCUT2D eigenvalue weighted by molar-refractivity contribution is -0.114. The summed E-state index contributed by atoms with van der Waals surface area (Å²) in [5.74, 6) is 0.0531. The summed E-state index contributed by atoms with van der Waals surface area (Å²) in [7, 11) is -2.60. The maximum absolute atomic E-state index is 13.9. The van der Waals surface area contributed by atoms with E-state index in [9.17, 15) is 13.2 Å². The minimum atomic E-state index is -4.12. The number of amides is 1. The molecule has 4 aromatic rings. The first-order valence-electron chi connectivity index (χ1n) is 10.3. The number of aromatic nitrogens is 1. The Balaban J connectivity index is 1.74. The molecule has 1 amide bonds. The van der Waals surface area contributed by atoms with Crippen LogP contribution >= 0.6 is 11.6 Å². The van der Waals surface area contributed by atoms with Crippen LogP contribution in [0.1, 0.15) is 5.56 Å². The summed E-state index contributed by atoms with van der Waals surface area (Å²) in [5, 5.41) is 4.42. The molecule has 0 unspecified atom stereocenters. The zero-order valence-corrected chi connectivity index (χ0v) is 20.1. The van der Waals surface area contributed by atoms with E-state index in [1.807, 2.05) is 6.92 Å². The predicted octanol–water partition coefficient (Wildman–Crippen LogP) is 5.04. The van der Waals surface area contributed by atoms with Crippen molar-refractivity contribution in [2.45, 2.75) is 11.8 Å². The molecule has 4 rings (SSSR count). The zero-order valence-electron chi connectivity index (χ0n) is 18.5. The van der Waals surface area contributed by atoms with Gasteiger partial charge in [-0.3, -0.25) is 14.1 Å². The standard InChI is InChI=1S/C25H22ClN3O4S/c1-17-6-7-19(14-23(17)26)28-25(30)16-29(20-8-10-21(33-2)11-9-20)34(31,32)24-5-3-4-18-15-27-13-12-22(18)24/h3-15H,16H2,1-2H3,(H,28,30). The summed E-state index contributed by atoms with van der Waals surface area (Å²) in [6, 6.07) is 18.2. The number of hydrogen-bond donors (Lipinski definition) is 1. The monoisotopic (exact) mass is 495 g/mol. The van der Waals surface area contributed by atoms with Crippen LogP contribution in [0.4, 0.5) is 11.4 Å². The van der Waals surface area contributed by atoms with Gasteiger partial charge in [0.2, 0.25) is 5.91 Å². The van der Waals surface area contributed by atoms with Crippen LogP contribution in [0.5, 0.6) is 5.75 Å². The van der Waals surface area contributed by atoms with Gasteiger partial charge in [-0.1, -0.05) is 29.8 Å². The van der Waals surface area contributed by atoms with Crippen LogP contribution in [0.3, 0.4) is 0 Å². The highest BCUT2D eigenvalue weighted by Crippen LogP contribution is 2.30. The van der Waals surface area contributed by atoms with Crippen LogP contribution in [0.25, 0.3) is 10.8 Å². The van der Waals surface area contributed by atoms with Crippen LogP contribution in [-0.2, 0) is 14.8 Å². The number of halogens is 1. The van der Waals surface area contributed by atoms with E-state index in [4.69, 9.17) is 16.3 Å². The third-order valence-corrected chi connectivity index (χ3v) is 7.55. The molecule has 1 aromatic heterocycles. The molecular formula is C25H22ClN3O4S. The number of hydrogen-bond acceptors (Lipinski definition) is 5. The molecule has 7 nitrogen and oxygen atoms in total. The predicted molar refractivity (Wildman–Crippen MR) is 134 cm³/mol. The molecule has 0 fully saturated rings. The fourth-order valence-corrected chi connectivity index (χ4v) is 5.32. The van der Waals surface area contributed by atoms with Gasteiger partial charge in [0, 0.05) is 33.9 Å². The summed E-state index contributed by atoms with van der Waals surface area (Å²) in [6.07, 6.45) is 3.13. The van der Waals surface area contributed by atoms with E-state index < -0.39 is 22.5 Å². The number of anilines is 2. The van der Waals surface area contributed by atoms with E-state index in [2.05, 4.69) is 10.3 Å². The fourth-order valence-electron chi connectivity index (χ4n) is 3.50. The number of nitrogens with one attached hydrogen (secondary N) is 1. The van der Waals surface area contributed by atoms with Gasteiger partial charge < -0.3 is 10.1 Å². The number of ether oxygens (including phenoxy) is 1. The zero-order chi connectivity index (χ0) is 24.3. The summed E-state index contributed by atoms with van der Waals surface area (Å²) >= 11 is 6.16. The smallest absolute Gasteiger partial charge is 0.265 e. The highest BCUT2D eigenvalue weighted by atomic mass is 35.5. The third kappa shape index (κ3) is 4.83. The normalized spacial score (nSPS) is 11.3. The molecule has 0 bridgehead atoms. The van der Waals surface area contributed by atoms with Crippen LogP contribution in [0.15, 0.2) is 84.0 Å². The molecule has 0 aliphatic heterocycles. The summed E-state index contributed by atoms with van der Waals surface area (Å²) in [5.41, 5.74) is 1.67. The van der Waals surface area contributed by atoms with Crippen molar-refractivity contribution in [1.29, 1.82) is 0 Å². The van der Waals surface area contributed by atoms with Gasteiger partial charge in [-0.2, -0.15) is 0 Å². The number of carbonyl (C=O) groups excluding carboxylic acids is 1. The number of nitrogens with zero attached hydrogens (tertiary/aromatic N) is 2. The molecule has 3 aromatic carbocycles. The molecule has 0 aliphatic rings. The second-order valence-corrected chi connectivity index (χ2v) is 9.81. The Morgan fingerprint density at radius 3 is 2.56 bits per heavy atom. The second-order valence-electron chi connectivity index (χ2n) is 7.57. The molecule has 0 atom stereocenters. The molecular weight excluding hydrogens is 474 g/mol. The van der Waals surface area contributed by atoms with Gasteiger partial charge >= 0.3 is 0 Å². The number of sulfonamides is 1. The highest BCUT2D eigenvalue weighted by molar-refractivity contribution is 7.93. The number of carbonyl (C=O) groups is 1. The Hall–Kier alpha value is -3.62. The van der Waals surface area contributed by atoms with Crippen molar-refractivity contribution in [2.24, 2.45) is 0 Å². The summed E-state index contributed by atoms with van der Waals surface area (Å²) in [4.78, 5) is 17.1. The number of methoxy groups -OCH3 is 1. The van der Waals surface area contributed by atoms with Crippen LogP contribution in [0.2, 0.25) is 5.02 Å². The van der Waals surface area contributed by atoms with Gasteiger partial charge in [0.15, 0.2) is 0 Å². The van der Waals surface area contributed by atoms with E-state index in [1.54, 1.807) is 66.9 Å². The maximum atomic E-state index is 13.9. The van der Waals surface area contributed by atoms with E-state index in [1.165, 1.54) is 19.4 Å². The SMILES string of the molecule is COc1ccc(N(CC(=O)Nc2ccc(C)c(Cl)c2)S(=O)(=O)c2cccc3cnccc23)cc1. The average Bonchev–Trinajstić information content (AvgIpc) is 2.84. The van der Waals surface area contributed by atoms with Crippen molar-refractivity contribution in [1.82, 2.24) is 4.98 Å². The van der Waals surface area contributed by atoms with E-state index in [0.29, 0.717) is 32.9 Å². The summed E-state index contributed by atoms with van der Waals surface area (Å²) in [6.45, 7) is 1.41. The molecule has 0 aliphatic carbocycles. The van der Waals surface area contributed by atoms with Gasteiger partial charge in [0.05, 0.1) is 17.7 Å². The highest BCUT2D eigenvalue weighted by Gasteiger charge is 2.29. The molecule has 0 saturated heterocycles. The maximum Gasteiger partial charge on any atom is 0.265 e. The van der Waals surface area contributed by atoms with Crippen molar-refractivity contribution >= 4 is 49.7 Å². The molecule has 9 heteroatoms. The molecule has 0 spiro atoms. The second kappa shape index (κ2) is 9.70. The van der Waals surface area contributed by atoms with Crippen molar-refractivity contribution in [3.05, 3.63) is 89.7 Å². The molecule has 34 heavy (non-hydrogen) atoms. The number of rotatable bonds is 7. The Labute approximate surface area is 203 Å². The number of aryl methyl sites for hydroxylation is 1. The average molecular weight is 496 g/mol. The first-order chi connectivity index (χ1) is 16.3. The summed E-state index contributed by atoms with van der Waals surface area (Å²) < 4.78 is 34.0. The van der Waals surface area contributed by atoms with E-state index in [0.717, 1.165) is 9.87 Å². The first-order valence-corrected chi connectivity index (χ1v) is 12.2. The lowest BCUT2D eigenvalue weighted by Crippen LogP contribution is -2.38. The Kier molecular flexibility index (Phi) is 6.72. The van der Waals surface area contributed by atoms with Gasteiger partial charge in [-0.15, -0.1) is 0 Å². The molecule has 1 heterocycles. The first kappa shape index (κ1) is 23.5. The van der Waals surface area contributed by atoms with E-state index in [-0.39, 0.29) is 4.90 Å². The number of benzene rings is 3. The van der Waals surface area contributed by atoms with Crippen molar-refractivity contribution in [3.63, 3.8) is 0 Å². The Bertz CT molecular complexity index is 1450. The number of pyridine rings is 1. The topological polar surface area (TPSA) is 88.6 Å². The molecule has 0 saturated carbocycles. The van der Waals surface area contributed by atoms with Crippen LogP contribution < -0.4 is 14.4 Å². The van der Waals surface area contributed by atoms with Gasteiger partial charge in [-0.25, -0.2) is 8.42 Å². The van der Waals surface area contributed by atoms with Crippen molar-refractivity contribution < 1.29 is 17.9 Å². The lowest BCUT2D eigenvalue weighted by Gasteiger charge is -2.25. The van der Waals surface area contributed by atoms with E-state index >= 15 is 0 Å². The third-order valence-electron chi connectivity index (χ3n) is 5.31. The van der Waals surface area contributed by atoms with Gasteiger partial charge in [0.25, 0.3) is 10.0 Å². The van der Waals surface area contributed by atoms with Crippen LogP contribution in [0, 0.1) is 6.92 Å². The Morgan fingerprint density at radius 2 is 1.85 bits per heavy atom. The molecule has 1 N–H and O–H groups in total. The van der Waals surface area contributed by atoms with Crippen molar-refractivity contribution in [3.8, 4) is 5.75 Å².